The zero-order chi connectivity index (χ0) is 12.2. The molecule has 0 spiro atoms. The quantitative estimate of drug-likeness (QED) is 0.691. The first kappa shape index (κ1) is 13.7. The third-order valence-corrected chi connectivity index (χ3v) is 1.41. The van der Waals surface area contributed by atoms with Crippen LogP contribution >= 0.6 is 0 Å². The van der Waals surface area contributed by atoms with Crippen molar-refractivity contribution in [2.45, 2.75) is 12.2 Å². The molecule has 1 unspecified atom stereocenters. The Bertz CT molecular complexity index is 252. The number of alkyl halides is 3. The molecule has 0 radical (unpaired) electrons. The molecule has 1 atom stereocenters. The normalized spacial score (nSPS) is 13.7. The molecule has 5 nitrogen and oxygen atoms in total. The van der Waals surface area contributed by atoms with Crippen LogP contribution in [0.25, 0.3) is 0 Å². The summed E-state index contributed by atoms with van der Waals surface area (Å²) in [6.07, 6.45) is -5.07. The molecule has 88 valence electrons. The molecule has 1 amide bonds. The van der Waals surface area contributed by atoms with Crippen LogP contribution in [0.2, 0.25) is 0 Å². The molecular formula is C7H11F3N2O3. The molecule has 0 saturated heterocycles. The van der Waals surface area contributed by atoms with E-state index in [0.29, 0.717) is 0 Å². The Kier molecular flexibility index (Phi) is 4.53. The summed E-state index contributed by atoms with van der Waals surface area (Å²) in [7, 11) is 2.96. The summed E-state index contributed by atoms with van der Waals surface area (Å²) in [6.45, 7) is -0.211. The highest BCUT2D eigenvalue weighted by molar-refractivity contribution is 5.87. The van der Waals surface area contributed by atoms with E-state index in [1.54, 1.807) is 0 Å². The van der Waals surface area contributed by atoms with Crippen LogP contribution in [-0.4, -0.2) is 54.7 Å². The lowest BCUT2D eigenvalue weighted by Gasteiger charge is -2.19. The Balaban J connectivity index is 4.43. The smallest absolute Gasteiger partial charge is 0.471 e. The van der Waals surface area contributed by atoms with Crippen LogP contribution < -0.4 is 5.32 Å². The van der Waals surface area contributed by atoms with Crippen LogP contribution in [-0.2, 0) is 9.59 Å². The van der Waals surface area contributed by atoms with Gasteiger partial charge in [-0.1, -0.05) is 0 Å². The number of likely N-dealkylation sites (N-methyl/N-ethyl adjacent to an activating group) is 1. The summed E-state index contributed by atoms with van der Waals surface area (Å²) >= 11 is 0. The number of rotatable bonds is 4. The van der Waals surface area contributed by atoms with Gasteiger partial charge in [0.1, 0.15) is 6.04 Å². The maximum Gasteiger partial charge on any atom is 0.471 e. The van der Waals surface area contributed by atoms with E-state index in [2.05, 4.69) is 0 Å². The Hall–Kier alpha value is -1.31. The Morgan fingerprint density at radius 3 is 2.13 bits per heavy atom. The van der Waals surface area contributed by atoms with Crippen LogP contribution in [0.5, 0.6) is 0 Å². The third-order valence-electron chi connectivity index (χ3n) is 1.41. The lowest BCUT2D eigenvalue weighted by molar-refractivity contribution is -0.175. The zero-order valence-corrected chi connectivity index (χ0v) is 8.13. The molecular weight excluding hydrogens is 217 g/mol. The fraction of sp³-hybridized carbons (Fsp3) is 0.714. The summed E-state index contributed by atoms with van der Waals surface area (Å²) in [4.78, 5) is 22.3. The van der Waals surface area contributed by atoms with Gasteiger partial charge in [-0.05, 0) is 14.1 Å². The van der Waals surface area contributed by atoms with Crippen molar-refractivity contribution in [3.8, 4) is 0 Å². The van der Waals surface area contributed by atoms with Crippen molar-refractivity contribution in [3.05, 3.63) is 0 Å². The van der Waals surface area contributed by atoms with Crippen molar-refractivity contribution in [2.24, 2.45) is 0 Å². The van der Waals surface area contributed by atoms with Crippen molar-refractivity contribution in [3.63, 3.8) is 0 Å². The number of nitrogens with zero attached hydrogens (tertiary/aromatic N) is 1. The molecule has 0 aliphatic heterocycles. The molecule has 0 aliphatic rings. The average molecular weight is 228 g/mol. The summed E-state index contributed by atoms with van der Waals surface area (Å²) in [5.41, 5.74) is 0. The van der Waals surface area contributed by atoms with Crippen LogP contribution in [0.15, 0.2) is 0 Å². The molecule has 0 aromatic heterocycles. The van der Waals surface area contributed by atoms with Gasteiger partial charge in [0.05, 0.1) is 0 Å². The highest BCUT2D eigenvalue weighted by Gasteiger charge is 2.40. The van der Waals surface area contributed by atoms with Gasteiger partial charge < -0.3 is 15.3 Å². The van der Waals surface area contributed by atoms with Gasteiger partial charge in [-0.3, -0.25) is 4.79 Å². The van der Waals surface area contributed by atoms with Gasteiger partial charge >= 0.3 is 18.1 Å². The van der Waals surface area contributed by atoms with Gasteiger partial charge in [0.25, 0.3) is 0 Å². The highest BCUT2D eigenvalue weighted by Crippen LogP contribution is 2.14. The molecule has 0 saturated carbocycles. The highest BCUT2D eigenvalue weighted by atomic mass is 19.4. The second kappa shape index (κ2) is 4.96. The Labute approximate surface area is 83.9 Å². The molecule has 0 fully saturated rings. The van der Waals surface area contributed by atoms with Crippen molar-refractivity contribution < 1.29 is 27.9 Å². The molecule has 15 heavy (non-hydrogen) atoms. The topological polar surface area (TPSA) is 69.6 Å². The van der Waals surface area contributed by atoms with Crippen molar-refractivity contribution in [1.29, 1.82) is 0 Å². The van der Waals surface area contributed by atoms with Crippen LogP contribution in [0.3, 0.4) is 0 Å². The molecule has 0 aromatic carbocycles. The van der Waals surface area contributed by atoms with E-state index in [9.17, 15) is 22.8 Å². The van der Waals surface area contributed by atoms with E-state index in [1.807, 2.05) is 0 Å². The van der Waals surface area contributed by atoms with Crippen LogP contribution in [0.4, 0.5) is 13.2 Å². The maximum absolute atomic E-state index is 11.8. The van der Waals surface area contributed by atoms with Gasteiger partial charge in [0, 0.05) is 6.54 Å². The van der Waals surface area contributed by atoms with E-state index in [1.165, 1.54) is 24.3 Å². The van der Waals surface area contributed by atoms with E-state index in [4.69, 9.17) is 5.11 Å². The molecule has 2 N–H and O–H groups in total. The third kappa shape index (κ3) is 5.21. The zero-order valence-electron chi connectivity index (χ0n) is 8.13. The van der Waals surface area contributed by atoms with Gasteiger partial charge in [0.15, 0.2) is 0 Å². The predicted octanol–water partition coefficient (Wildman–Crippen LogP) is -0.320. The minimum Gasteiger partial charge on any atom is -0.480 e. The largest absolute Gasteiger partial charge is 0.480 e. The number of hydrogen-bond acceptors (Lipinski definition) is 3. The summed E-state index contributed by atoms with van der Waals surface area (Å²) in [5, 5.41) is 9.91. The monoisotopic (exact) mass is 228 g/mol. The number of halogens is 3. The SMILES string of the molecule is CN(C)CC(NC(=O)C(F)(F)F)C(=O)O. The van der Waals surface area contributed by atoms with Crippen molar-refractivity contribution >= 4 is 11.9 Å². The molecule has 0 aliphatic carbocycles. The first-order valence-corrected chi connectivity index (χ1v) is 3.90. The van der Waals surface area contributed by atoms with E-state index >= 15 is 0 Å². The van der Waals surface area contributed by atoms with Gasteiger partial charge in [-0.15, -0.1) is 0 Å². The fourth-order valence-corrected chi connectivity index (χ4v) is 0.791. The number of carboxylic acid groups (broad SMARTS) is 1. The molecule has 0 heterocycles. The lowest BCUT2D eigenvalue weighted by Crippen LogP contribution is -2.51. The fourth-order valence-electron chi connectivity index (χ4n) is 0.791. The van der Waals surface area contributed by atoms with Crippen molar-refractivity contribution in [2.75, 3.05) is 20.6 Å². The number of hydrogen-bond donors (Lipinski definition) is 2. The average Bonchev–Trinajstić information content (AvgIpc) is 1.99. The van der Waals surface area contributed by atoms with Gasteiger partial charge in [0.2, 0.25) is 0 Å². The molecule has 8 heteroatoms. The number of carboxylic acids is 1. The molecule has 0 aromatic rings. The first-order chi connectivity index (χ1) is 6.64. The second-order valence-electron chi connectivity index (χ2n) is 3.12. The Morgan fingerprint density at radius 2 is 1.87 bits per heavy atom. The van der Waals surface area contributed by atoms with E-state index in [0.717, 1.165) is 0 Å². The minimum absolute atomic E-state index is 0.211. The standard InChI is InChI=1S/C7H11F3N2O3/c1-12(2)3-4(5(13)14)11-6(15)7(8,9)10/h4H,3H2,1-2H3,(H,11,15)(H,13,14). The minimum atomic E-state index is -5.07. The van der Waals surface area contributed by atoms with Crippen LogP contribution in [0, 0.1) is 0 Å². The van der Waals surface area contributed by atoms with Crippen LogP contribution in [0.1, 0.15) is 0 Å². The molecule has 0 bridgehead atoms. The summed E-state index contributed by atoms with van der Waals surface area (Å²) in [5.74, 6) is -3.77. The number of carbonyl (C=O) groups is 2. The first-order valence-electron chi connectivity index (χ1n) is 3.90. The van der Waals surface area contributed by atoms with Crippen molar-refractivity contribution in [1.82, 2.24) is 10.2 Å². The van der Waals surface area contributed by atoms with Gasteiger partial charge in [-0.25, -0.2) is 4.79 Å². The summed E-state index contributed by atoms with van der Waals surface area (Å²) in [6, 6.07) is -1.57. The number of amides is 1. The number of aliphatic carboxylic acids is 1. The lowest BCUT2D eigenvalue weighted by atomic mass is 10.3. The summed E-state index contributed by atoms with van der Waals surface area (Å²) < 4.78 is 35.4. The van der Waals surface area contributed by atoms with E-state index < -0.39 is 24.1 Å². The second-order valence-corrected chi connectivity index (χ2v) is 3.12. The number of nitrogens with one attached hydrogen (secondary N) is 1. The number of carbonyl (C=O) groups excluding carboxylic acids is 1. The maximum atomic E-state index is 11.8. The Morgan fingerprint density at radius 1 is 1.40 bits per heavy atom. The van der Waals surface area contributed by atoms with E-state index in [-0.39, 0.29) is 6.54 Å². The van der Waals surface area contributed by atoms with Gasteiger partial charge in [-0.2, -0.15) is 13.2 Å². The molecule has 0 rings (SSSR count). The predicted molar refractivity (Wildman–Crippen MR) is 44.2 cm³/mol.